The minimum absolute atomic E-state index is 0.577. The Morgan fingerprint density at radius 2 is 1.70 bits per heavy atom. The van der Waals surface area contributed by atoms with Gasteiger partial charge in [-0.15, -0.1) is 0 Å². The highest BCUT2D eigenvalue weighted by Crippen LogP contribution is 2.34. The summed E-state index contributed by atoms with van der Waals surface area (Å²) in [5.74, 6) is 2.44. The minimum Gasteiger partial charge on any atom is -0.486 e. The molecule has 0 aliphatic carbocycles. The molecule has 1 aromatic heterocycles. The minimum atomic E-state index is 0.577. The monoisotopic (exact) mass is 448 g/mol. The van der Waals surface area contributed by atoms with Crippen LogP contribution in [-0.4, -0.2) is 74.0 Å². The van der Waals surface area contributed by atoms with Crippen LogP contribution in [0, 0.1) is 0 Å². The summed E-state index contributed by atoms with van der Waals surface area (Å²) in [5, 5.41) is 4.30. The summed E-state index contributed by atoms with van der Waals surface area (Å²) < 4.78 is 17.0. The molecule has 33 heavy (non-hydrogen) atoms. The van der Waals surface area contributed by atoms with E-state index in [1.165, 1.54) is 5.69 Å². The van der Waals surface area contributed by atoms with Gasteiger partial charge in [0.25, 0.3) is 0 Å². The van der Waals surface area contributed by atoms with Crippen LogP contribution >= 0.6 is 0 Å². The standard InChI is InChI=1S/C26H32N4O3/c1-2-28(10-11-29-12-14-30(15-13-29)22-6-4-3-5-7-22)20-23-19-24(27-33-23)21-8-9-25-26(18-21)32-17-16-31-25/h3-9,18-19H,2,10-17,20H2,1H3. The molecule has 0 N–H and O–H groups in total. The quantitative estimate of drug-likeness (QED) is 0.520. The second kappa shape index (κ2) is 10.3. The highest BCUT2D eigenvalue weighted by molar-refractivity contribution is 5.64. The zero-order chi connectivity index (χ0) is 22.5. The Bertz CT molecular complexity index is 1030. The number of para-hydroxylation sites is 1. The Labute approximate surface area is 195 Å². The number of hydrogen-bond acceptors (Lipinski definition) is 7. The van der Waals surface area contributed by atoms with E-state index >= 15 is 0 Å². The lowest BCUT2D eigenvalue weighted by molar-refractivity contribution is 0.171. The molecule has 3 heterocycles. The number of ether oxygens (including phenoxy) is 2. The van der Waals surface area contributed by atoms with Crippen LogP contribution in [0.4, 0.5) is 5.69 Å². The molecule has 7 heteroatoms. The van der Waals surface area contributed by atoms with E-state index in [2.05, 4.69) is 57.1 Å². The van der Waals surface area contributed by atoms with Crippen LogP contribution in [0.3, 0.4) is 0 Å². The number of anilines is 1. The van der Waals surface area contributed by atoms with Gasteiger partial charge in [-0.05, 0) is 36.9 Å². The summed E-state index contributed by atoms with van der Waals surface area (Å²) in [6.45, 7) is 11.6. The van der Waals surface area contributed by atoms with E-state index in [0.717, 1.165) is 80.9 Å². The molecule has 1 fully saturated rings. The van der Waals surface area contributed by atoms with E-state index in [9.17, 15) is 0 Å². The highest BCUT2D eigenvalue weighted by Gasteiger charge is 2.19. The average Bonchev–Trinajstić information content (AvgIpc) is 3.35. The number of hydrogen-bond donors (Lipinski definition) is 0. The van der Waals surface area contributed by atoms with Crippen molar-refractivity contribution in [2.24, 2.45) is 0 Å². The number of fused-ring (bicyclic) bond motifs is 1. The van der Waals surface area contributed by atoms with E-state index in [-0.39, 0.29) is 0 Å². The number of rotatable bonds is 8. The Morgan fingerprint density at radius 3 is 2.48 bits per heavy atom. The molecule has 0 atom stereocenters. The first-order valence-electron chi connectivity index (χ1n) is 11.9. The maximum Gasteiger partial charge on any atom is 0.162 e. The van der Waals surface area contributed by atoms with Crippen molar-refractivity contribution in [1.29, 1.82) is 0 Å². The molecule has 0 unspecified atom stereocenters. The van der Waals surface area contributed by atoms with E-state index in [0.29, 0.717) is 13.2 Å². The second-order valence-corrected chi connectivity index (χ2v) is 8.57. The van der Waals surface area contributed by atoms with Crippen molar-refractivity contribution in [3.63, 3.8) is 0 Å². The van der Waals surface area contributed by atoms with Crippen molar-refractivity contribution < 1.29 is 14.0 Å². The fourth-order valence-electron chi connectivity index (χ4n) is 4.45. The Kier molecular flexibility index (Phi) is 6.79. The third-order valence-electron chi connectivity index (χ3n) is 6.45. The van der Waals surface area contributed by atoms with Gasteiger partial charge in [-0.25, -0.2) is 0 Å². The van der Waals surface area contributed by atoms with E-state index in [1.54, 1.807) is 0 Å². The lowest BCUT2D eigenvalue weighted by Gasteiger charge is -2.36. The lowest BCUT2D eigenvalue weighted by atomic mass is 10.1. The SMILES string of the molecule is CCN(CCN1CCN(c2ccccc2)CC1)Cc1cc(-c2ccc3c(c2)OCCO3)no1. The van der Waals surface area contributed by atoms with Crippen LogP contribution in [0.2, 0.25) is 0 Å². The fraction of sp³-hybridized carbons (Fsp3) is 0.423. The van der Waals surface area contributed by atoms with Gasteiger partial charge in [0.15, 0.2) is 17.3 Å². The van der Waals surface area contributed by atoms with Gasteiger partial charge in [-0.1, -0.05) is 30.3 Å². The topological polar surface area (TPSA) is 54.2 Å². The summed E-state index contributed by atoms with van der Waals surface area (Å²) >= 11 is 0. The molecule has 2 aromatic carbocycles. The average molecular weight is 449 g/mol. The largest absolute Gasteiger partial charge is 0.486 e. The van der Waals surface area contributed by atoms with Gasteiger partial charge in [-0.3, -0.25) is 9.80 Å². The molecule has 7 nitrogen and oxygen atoms in total. The van der Waals surface area contributed by atoms with Gasteiger partial charge in [-0.2, -0.15) is 0 Å². The van der Waals surface area contributed by atoms with Crippen LogP contribution in [0.5, 0.6) is 11.5 Å². The summed E-state index contributed by atoms with van der Waals surface area (Å²) in [5.41, 5.74) is 3.13. The zero-order valence-electron chi connectivity index (χ0n) is 19.3. The van der Waals surface area contributed by atoms with Crippen molar-refractivity contribution in [1.82, 2.24) is 15.0 Å². The van der Waals surface area contributed by atoms with E-state index in [4.69, 9.17) is 14.0 Å². The van der Waals surface area contributed by atoms with E-state index < -0.39 is 0 Å². The van der Waals surface area contributed by atoms with Crippen molar-refractivity contribution in [3.8, 4) is 22.8 Å². The molecule has 0 bridgehead atoms. The van der Waals surface area contributed by atoms with Crippen LogP contribution in [0.1, 0.15) is 12.7 Å². The molecule has 2 aliphatic rings. The van der Waals surface area contributed by atoms with Crippen molar-refractivity contribution in [2.75, 3.05) is 63.9 Å². The molecule has 174 valence electrons. The number of nitrogens with zero attached hydrogens (tertiary/aromatic N) is 4. The Morgan fingerprint density at radius 1 is 0.909 bits per heavy atom. The first kappa shape index (κ1) is 21.8. The molecule has 0 spiro atoms. The Balaban J connectivity index is 1.12. The third kappa shape index (κ3) is 5.31. The summed E-state index contributed by atoms with van der Waals surface area (Å²) in [6.07, 6.45) is 0. The fourth-order valence-corrected chi connectivity index (χ4v) is 4.45. The van der Waals surface area contributed by atoms with Crippen LogP contribution in [-0.2, 0) is 6.54 Å². The number of aromatic nitrogens is 1. The predicted molar refractivity (Wildman–Crippen MR) is 129 cm³/mol. The van der Waals surface area contributed by atoms with Crippen molar-refractivity contribution in [2.45, 2.75) is 13.5 Å². The normalized spacial score (nSPS) is 16.4. The maximum atomic E-state index is 5.70. The maximum absolute atomic E-state index is 5.70. The first-order valence-corrected chi connectivity index (χ1v) is 11.9. The molecule has 3 aromatic rings. The third-order valence-corrected chi connectivity index (χ3v) is 6.45. The molecule has 1 saturated heterocycles. The summed E-state index contributed by atoms with van der Waals surface area (Å²) in [6, 6.07) is 18.7. The smallest absolute Gasteiger partial charge is 0.162 e. The van der Waals surface area contributed by atoms with Gasteiger partial charge in [0.05, 0.1) is 6.54 Å². The number of piperazine rings is 1. The zero-order valence-corrected chi connectivity index (χ0v) is 19.3. The summed E-state index contributed by atoms with van der Waals surface area (Å²) in [7, 11) is 0. The molecule has 2 aliphatic heterocycles. The van der Waals surface area contributed by atoms with Crippen LogP contribution in [0.25, 0.3) is 11.3 Å². The molecular formula is C26H32N4O3. The summed E-state index contributed by atoms with van der Waals surface area (Å²) in [4.78, 5) is 7.45. The van der Waals surface area contributed by atoms with Gasteiger partial charge in [0.1, 0.15) is 18.9 Å². The lowest BCUT2D eigenvalue weighted by Crippen LogP contribution is -2.48. The van der Waals surface area contributed by atoms with Crippen LogP contribution < -0.4 is 14.4 Å². The van der Waals surface area contributed by atoms with Crippen molar-refractivity contribution >= 4 is 5.69 Å². The molecule has 0 saturated carbocycles. The molecular weight excluding hydrogens is 416 g/mol. The Hall–Kier alpha value is -3.03. The van der Waals surface area contributed by atoms with Gasteiger partial charge in [0.2, 0.25) is 0 Å². The molecule has 0 amide bonds. The number of likely N-dealkylation sites (N-methyl/N-ethyl adjacent to an activating group) is 1. The van der Waals surface area contributed by atoms with Gasteiger partial charge >= 0.3 is 0 Å². The predicted octanol–water partition coefficient (Wildman–Crippen LogP) is 3.76. The second-order valence-electron chi connectivity index (χ2n) is 8.57. The number of benzene rings is 2. The molecule has 5 rings (SSSR count). The van der Waals surface area contributed by atoms with Gasteiger partial charge < -0.3 is 18.9 Å². The molecule has 0 radical (unpaired) electrons. The van der Waals surface area contributed by atoms with Crippen LogP contribution in [0.15, 0.2) is 59.1 Å². The highest BCUT2D eigenvalue weighted by atomic mass is 16.6. The van der Waals surface area contributed by atoms with E-state index in [1.807, 2.05) is 24.3 Å². The van der Waals surface area contributed by atoms with Crippen molar-refractivity contribution in [3.05, 3.63) is 60.4 Å². The van der Waals surface area contributed by atoms with Gasteiger partial charge in [0, 0.05) is 56.6 Å². The first-order chi connectivity index (χ1) is 16.3.